The first-order chi connectivity index (χ1) is 55.6. The number of nitrogens with zero attached hydrogens (tertiary/aromatic N) is 6. The van der Waals surface area contributed by atoms with Gasteiger partial charge in [-0.25, -0.2) is 0 Å². The molecule has 0 saturated carbocycles. The van der Waals surface area contributed by atoms with Crippen molar-refractivity contribution in [2.75, 3.05) is 29.4 Å². The van der Waals surface area contributed by atoms with Crippen LogP contribution in [-0.2, 0) is 0 Å². The summed E-state index contributed by atoms with van der Waals surface area (Å²) in [6, 6.07) is 150. The van der Waals surface area contributed by atoms with E-state index in [4.69, 9.17) is 0 Å². The molecular weight excluding hydrogens is 1390 g/mol. The third-order valence-electron chi connectivity index (χ3n) is 23.3. The van der Waals surface area contributed by atoms with E-state index in [0.29, 0.717) is 0 Å². The lowest BCUT2D eigenvalue weighted by molar-refractivity contribution is 1.22. The van der Waals surface area contributed by atoms with Gasteiger partial charge in [-0.2, -0.15) is 0 Å². The van der Waals surface area contributed by atoms with Crippen LogP contribution in [-0.4, -0.2) is 13.4 Å². The molecule has 6 nitrogen and oxygen atoms in total. The van der Waals surface area contributed by atoms with E-state index in [1.54, 1.807) is 0 Å². The predicted octanol–water partition coefficient (Wildman–Crippen LogP) is 24.9. The van der Waals surface area contributed by atoms with Gasteiger partial charge in [-0.15, -0.1) is 22.7 Å². The molecule has 0 N–H and O–H groups in total. The highest BCUT2D eigenvalue weighted by atomic mass is 32.1. The maximum absolute atomic E-state index is 2.67. The molecule has 0 fully saturated rings. The zero-order chi connectivity index (χ0) is 73.5. The minimum Gasteiger partial charge on any atom is -0.311 e. The van der Waals surface area contributed by atoms with Crippen LogP contribution in [0.4, 0.5) is 102 Å². The summed E-state index contributed by atoms with van der Waals surface area (Å²) in [4.78, 5) is 15.5. The number of rotatable bonds is 12. The van der Waals surface area contributed by atoms with E-state index in [-0.39, 0.29) is 13.4 Å². The second-order valence-electron chi connectivity index (χ2n) is 29.4. The molecule has 23 rings (SSSR count). The lowest BCUT2D eigenvalue weighted by Crippen LogP contribution is -2.65. The van der Waals surface area contributed by atoms with Crippen molar-refractivity contribution < 1.29 is 0 Å². The van der Waals surface area contributed by atoms with Crippen molar-refractivity contribution in [3.63, 3.8) is 0 Å². The Morgan fingerprint density at radius 3 is 0.982 bits per heavy atom. The Morgan fingerprint density at radius 2 is 0.554 bits per heavy atom. The lowest BCUT2D eigenvalue weighted by atomic mass is 9.30. The molecule has 0 saturated heterocycles. The quantitative estimate of drug-likeness (QED) is 0.113. The Hall–Kier alpha value is -13.9. The monoisotopic (exact) mass is 1460 g/mol. The van der Waals surface area contributed by atoms with Gasteiger partial charge in [-0.3, -0.25) is 0 Å². The summed E-state index contributed by atoms with van der Waals surface area (Å²) >= 11 is 3.74. The minimum atomic E-state index is -0.267. The van der Waals surface area contributed by atoms with Gasteiger partial charge < -0.3 is 29.4 Å². The number of para-hydroxylation sites is 8. The fourth-order valence-electron chi connectivity index (χ4n) is 18.7. The zero-order valence-corrected chi connectivity index (χ0v) is 62.4. The average Bonchev–Trinajstić information content (AvgIpc) is 0.860. The van der Waals surface area contributed by atoms with Gasteiger partial charge in [-0.05, 0) is 171 Å². The molecule has 112 heavy (non-hydrogen) atoms. The number of anilines is 18. The molecule has 4 aliphatic heterocycles. The summed E-state index contributed by atoms with van der Waals surface area (Å²) in [5.41, 5.74) is 31.7. The standard InChI is InChI=1S/C102H66B2N6S2/c1-8-33-67(34-9-1)76-49-30-50-77(68-35-10-2-11-36-68)100(76)110-87-56-27-25-54-83(87)104-85-65-84-90(66-91(85)109(73-45-20-7-21-46-73)94-63-75(64-95(110)99(94)104)106(70-39-14-4-15-40-70)89-58-32-52-81-79-48-23-29-60-97(79)112-102(81)89)108(72-43-18-6-19-44-72)93-62-74(61-92-98(93)103(84)82-53-24-26-55-86(82)107(92)71-41-16-5-17-42-71)105(69-37-12-3-13-38-69)88-57-31-51-80-78-47-22-28-59-96(78)111-101(80)88/h1-66H. The molecule has 4 aliphatic rings. The third kappa shape index (κ3) is 9.92. The SMILES string of the molecule is c1ccc(-c2cccc(-c3ccccc3)c2N2c3ccccc3B3c4cc5c(cc4N(c4ccccc4)c4cc(N(c6ccccc6)c6cccc7c6sc6ccccc67)cc2c43)N(c2ccccc2)c2cc(N(c3ccccc3)c3cccc4c3sc3ccccc34)cc3c2B5c2ccccc2N3c2ccccc2)cc1. The molecule has 0 spiro atoms. The largest absolute Gasteiger partial charge is 0.311 e. The van der Waals surface area contributed by atoms with Crippen molar-refractivity contribution in [1.29, 1.82) is 0 Å². The van der Waals surface area contributed by atoms with Crippen molar-refractivity contribution in [3.8, 4) is 22.3 Å². The van der Waals surface area contributed by atoms with Gasteiger partial charge in [0.25, 0.3) is 13.4 Å². The smallest absolute Gasteiger partial charge is 0.252 e. The van der Waals surface area contributed by atoms with Gasteiger partial charge in [0, 0.05) is 116 Å². The number of thiophene rings is 2. The van der Waals surface area contributed by atoms with Gasteiger partial charge in [0.15, 0.2) is 0 Å². The summed E-state index contributed by atoms with van der Waals surface area (Å²) in [6.45, 7) is -0.492. The average molecular weight is 1460 g/mol. The Kier molecular flexibility index (Phi) is 14.8. The molecule has 10 heteroatoms. The number of hydrogen-bond donors (Lipinski definition) is 0. The van der Waals surface area contributed by atoms with E-state index in [1.165, 1.54) is 73.1 Å². The molecule has 0 bridgehead atoms. The highest BCUT2D eigenvalue weighted by Crippen LogP contribution is 2.56. The summed E-state index contributed by atoms with van der Waals surface area (Å²) in [7, 11) is 0. The molecule has 0 amide bonds. The Morgan fingerprint density at radius 1 is 0.223 bits per heavy atom. The second kappa shape index (κ2) is 25.9. The van der Waals surface area contributed by atoms with Crippen LogP contribution in [0.3, 0.4) is 0 Å². The number of hydrogen-bond acceptors (Lipinski definition) is 8. The van der Waals surface area contributed by atoms with E-state index >= 15 is 0 Å². The number of fused-ring (bicyclic) bond motifs is 14. The minimum absolute atomic E-state index is 0.224. The lowest BCUT2D eigenvalue weighted by Gasteiger charge is -2.48. The molecule has 6 heterocycles. The molecule has 522 valence electrons. The van der Waals surface area contributed by atoms with Gasteiger partial charge in [0.05, 0.1) is 37.8 Å². The normalized spacial score (nSPS) is 12.9. The van der Waals surface area contributed by atoms with Crippen molar-refractivity contribution >= 4 is 212 Å². The Balaban J connectivity index is 0.845. The van der Waals surface area contributed by atoms with Crippen LogP contribution in [0.15, 0.2) is 400 Å². The number of benzene rings is 17. The van der Waals surface area contributed by atoms with Gasteiger partial charge in [0.1, 0.15) is 0 Å². The highest BCUT2D eigenvalue weighted by Gasteiger charge is 2.50. The van der Waals surface area contributed by atoms with E-state index in [0.717, 1.165) is 125 Å². The van der Waals surface area contributed by atoms with Gasteiger partial charge in [-0.1, -0.05) is 273 Å². The molecule has 19 aromatic rings. The van der Waals surface area contributed by atoms with Crippen molar-refractivity contribution in [3.05, 3.63) is 400 Å². The molecule has 0 atom stereocenters. The van der Waals surface area contributed by atoms with E-state index in [2.05, 4.69) is 430 Å². The molecule has 0 radical (unpaired) electrons. The van der Waals surface area contributed by atoms with Crippen LogP contribution in [0, 0.1) is 0 Å². The van der Waals surface area contributed by atoms with E-state index in [1.807, 2.05) is 22.7 Å². The first-order valence-electron chi connectivity index (χ1n) is 38.5. The summed E-state index contributed by atoms with van der Waals surface area (Å²) in [6.07, 6.45) is 0. The summed E-state index contributed by atoms with van der Waals surface area (Å²) in [5, 5.41) is 5.00. The van der Waals surface area contributed by atoms with Crippen LogP contribution >= 0.6 is 22.7 Å². The molecule has 2 aromatic heterocycles. The summed E-state index contributed by atoms with van der Waals surface area (Å²) in [5.74, 6) is 0. The first-order valence-corrected chi connectivity index (χ1v) is 40.1. The molecule has 0 aliphatic carbocycles. The van der Waals surface area contributed by atoms with Crippen LogP contribution in [0.1, 0.15) is 0 Å². The molecule has 0 unspecified atom stereocenters. The molecular formula is C102H66B2N6S2. The first kappa shape index (κ1) is 64.1. The van der Waals surface area contributed by atoms with E-state index < -0.39 is 0 Å². The van der Waals surface area contributed by atoms with Crippen LogP contribution < -0.4 is 62.2 Å². The summed E-state index contributed by atoms with van der Waals surface area (Å²) < 4.78 is 4.99. The maximum Gasteiger partial charge on any atom is 0.252 e. The van der Waals surface area contributed by atoms with Crippen molar-refractivity contribution in [2.45, 2.75) is 0 Å². The van der Waals surface area contributed by atoms with Gasteiger partial charge in [0.2, 0.25) is 0 Å². The molecule has 17 aromatic carbocycles. The van der Waals surface area contributed by atoms with E-state index in [9.17, 15) is 0 Å². The second-order valence-corrected chi connectivity index (χ2v) is 31.5. The van der Waals surface area contributed by atoms with Gasteiger partial charge >= 0.3 is 0 Å². The maximum atomic E-state index is 2.67. The van der Waals surface area contributed by atoms with Crippen LogP contribution in [0.2, 0.25) is 0 Å². The van der Waals surface area contributed by atoms with Crippen LogP contribution in [0.25, 0.3) is 62.6 Å². The zero-order valence-electron chi connectivity index (χ0n) is 60.8. The Bertz CT molecular complexity index is 6890. The Labute approximate surface area is 658 Å². The fraction of sp³-hybridized carbons (Fsp3) is 0. The highest BCUT2D eigenvalue weighted by molar-refractivity contribution is 7.27. The van der Waals surface area contributed by atoms with Crippen LogP contribution in [0.5, 0.6) is 0 Å². The third-order valence-corrected chi connectivity index (χ3v) is 25.7. The van der Waals surface area contributed by atoms with Crippen molar-refractivity contribution in [2.24, 2.45) is 0 Å². The topological polar surface area (TPSA) is 19.4 Å². The fourth-order valence-corrected chi connectivity index (χ4v) is 21.1. The predicted molar refractivity (Wildman–Crippen MR) is 481 cm³/mol. The van der Waals surface area contributed by atoms with Crippen molar-refractivity contribution in [1.82, 2.24) is 0 Å².